The second-order valence-corrected chi connectivity index (χ2v) is 5.21. The quantitative estimate of drug-likeness (QED) is 0.852. The van der Waals surface area contributed by atoms with E-state index in [2.05, 4.69) is 6.07 Å². The summed E-state index contributed by atoms with van der Waals surface area (Å²) in [5, 5.41) is 19.0. The maximum absolute atomic E-state index is 9.80. The second-order valence-electron chi connectivity index (χ2n) is 5.21. The molecule has 2 rings (SSSR count). The Bertz CT molecular complexity index is 444. The Morgan fingerprint density at radius 3 is 2.56 bits per heavy atom. The van der Waals surface area contributed by atoms with Crippen molar-refractivity contribution in [2.75, 3.05) is 13.2 Å². The molecule has 1 aromatic carbocycles. The molecule has 0 radical (unpaired) electrons. The number of nitriles is 1. The standard InChI is InChI=1S/C15H20N2O/c16-9-12-5-1-2-6-13(12)14(10-17)15(11-18)7-3-4-8-15/h1-2,5-6,14,18H,3-4,7-8,10-11,17H2. The average molecular weight is 244 g/mol. The first-order chi connectivity index (χ1) is 8.77. The van der Waals surface area contributed by atoms with E-state index in [1.165, 1.54) is 0 Å². The van der Waals surface area contributed by atoms with Gasteiger partial charge in [-0.15, -0.1) is 0 Å². The van der Waals surface area contributed by atoms with Gasteiger partial charge in [-0.3, -0.25) is 0 Å². The van der Waals surface area contributed by atoms with Crippen LogP contribution in [0.4, 0.5) is 0 Å². The smallest absolute Gasteiger partial charge is 0.0994 e. The third-order valence-corrected chi connectivity index (χ3v) is 4.35. The highest BCUT2D eigenvalue weighted by atomic mass is 16.3. The molecule has 3 heteroatoms. The van der Waals surface area contributed by atoms with Crippen LogP contribution in [0.25, 0.3) is 0 Å². The summed E-state index contributed by atoms with van der Waals surface area (Å²) in [6.45, 7) is 0.647. The van der Waals surface area contributed by atoms with E-state index in [0.717, 1.165) is 31.2 Å². The van der Waals surface area contributed by atoms with Gasteiger partial charge in [-0.25, -0.2) is 0 Å². The summed E-state index contributed by atoms with van der Waals surface area (Å²) in [6.07, 6.45) is 4.30. The van der Waals surface area contributed by atoms with Crippen molar-refractivity contribution in [1.29, 1.82) is 5.26 Å². The third-order valence-electron chi connectivity index (χ3n) is 4.35. The minimum absolute atomic E-state index is 0.0841. The predicted octanol–water partition coefficient (Wildman–Crippen LogP) is 2.15. The minimum atomic E-state index is -0.123. The van der Waals surface area contributed by atoms with Crippen LogP contribution in [0, 0.1) is 16.7 Å². The second kappa shape index (κ2) is 5.51. The number of aliphatic hydroxyl groups excluding tert-OH is 1. The van der Waals surface area contributed by atoms with Gasteiger partial charge in [0, 0.05) is 17.9 Å². The number of hydrogen-bond donors (Lipinski definition) is 2. The zero-order chi connectivity index (χ0) is 13.0. The first-order valence-electron chi connectivity index (χ1n) is 6.57. The van der Waals surface area contributed by atoms with Crippen LogP contribution in [-0.2, 0) is 0 Å². The molecule has 0 bridgehead atoms. The van der Waals surface area contributed by atoms with Crippen molar-refractivity contribution >= 4 is 0 Å². The van der Waals surface area contributed by atoms with E-state index >= 15 is 0 Å². The fraction of sp³-hybridized carbons (Fsp3) is 0.533. The van der Waals surface area contributed by atoms with Crippen molar-refractivity contribution in [3.05, 3.63) is 35.4 Å². The molecular weight excluding hydrogens is 224 g/mol. The lowest BCUT2D eigenvalue weighted by Crippen LogP contribution is -2.35. The summed E-state index contributed by atoms with van der Waals surface area (Å²) in [6, 6.07) is 9.86. The van der Waals surface area contributed by atoms with Crippen molar-refractivity contribution < 1.29 is 5.11 Å². The van der Waals surface area contributed by atoms with Gasteiger partial charge in [-0.1, -0.05) is 31.0 Å². The molecule has 0 heterocycles. The van der Waals surface area contributed by atoms with Crippen LogP contribution < -0.4 is 5.73 Å². The molecule has 0 amide bonds. The molecule has 0 saturated heterocycles. The highest BCUT2D eigenvalue weighted by Gasteiger charge is 2.41. The summed E-state index contributed by atoms with van der Waals surface area (Å²) >= 11 is 0. The molecule has 1 aliphatic carbocycles. The normalized spacial score (nSPS) is 19.4. The Kier molecular flexibility index (Phi) is 4.00. The molecule has 1 fully saturated rings. The molecule has 1 aliphatic rings. The lowest BCUT2D eigenvalue weighted by Gasteiger charge is -2.36. The number of nitrogens with two attached hydrogens (primary N) is 1. The predicted molar refractivity (Wildman–Crippen MR) is 70.9 cm³/mol. The first-order valence-corrected chi connectivity index (χ1v) is 6.57. The Labute approximate surface area is 108 Å². The van der Waals surface area contributed by atoms with Crippen molar-refractivity contribution in [2.45, 2.75) is 31.6 Å². The van der Waals surface area contributed by atoms with Gasteiger partial charge in [-0.05, 0) is 31.0 Å². The number of rotatable bonds is 4. The summed E-state index contributed by atoms with van der Waals surface area (Å²) < 4.78 is 0. The molecule has 96 valence electrons. The molecule has 3 nitrogen and oxygen atoms in total. The van der Waals surface area contributed by atoms with E-state index < -0.39 is 0 Å². The van der Waals surface area contributed by atoms with Crippen LogP contribution in [-0.4, -0.2) is 18.3 Å². The number of nitrogens with zero attached hydrogens (tertiary/aromatic N) is 1. The van der Waals surface area contributed by atoms with Crippen molar-refractivity contribution in [3.63, 3.8) is 0 Å². The molecule has 3 N–H and O–H groups in total. The maximum atomic E-state index is 9.80. The number of benzene rings is 1. The molecular formula is C15H20N2O. The van der Waals surface area contributed by atoms with Crippen molar-refractivity contribution in [1.82, 2.24) is 0 Å². The Balaban J connectivity index is 2.42. The van der Waals surface area contributed by atoms with Gasteiger partial charge in [0.1, 0.15) is 0 Å². The Hall–Kier alpha value is -1.37. The SMILES string of the molecule is N#Cc1ccccc1C(CN)C1(CO)CCCC1. The van der Waals surface area contributed by atoms with E-state index in [0.29, 0.717) is 12.1 Å². The molecule has 0 spiro atoms. The molecule has 1 unspecified atom stereocenters. The highest BCUT2D eigenvalue weighted by Crippen LogP contribution is 2.48. The minimum Gasteiger partial charge on any atom is -0.396 e. The fourth-order valence-corrected chi connectivity index (χ4v) is 3.31. The van der Waals surface area contributed by atoms with Gasteiger partial charge in [0.15, 0.2) is 0 Å². The molecule has 0 aliphatic heterocycles. The Morgan fingerprint density at radius 2 is 2.00 bits per heavy atom. The third kappa shape index (κ3) is 2.14. The molecule has 0 aromatic heterocycles. The van der Waals surface area contributed by atoms with Gasteiger partial charge in [-0.2, -0.15) is 5.26 Å². The van der Waals surface area contributed by atoms with E-state index in [-0.39, 0.29) is 17.9 Å². The van der Waals surface area contributed by atoms with Crippen LogP contribution in [0.1, 0.15) is 42.7 Å². The van der Waals surface area contributed by atoms with Gasteiger partial charge in [0.2, 0.25) is 0 Å². The van der Waals surface area contributed by atoms with Crippen molar-refractivity contribution in [2.24, 2.45) is 11.1 Å². The lowest BCUT2D eigenvalue weighted by molar-refractivity contribution is 0.102. The summed E-state index contributed by atoms with van der Waals surface area (Å²) in [4.78, 5) is 0. The highest BCUT2D eigenvalue weighted by molar-refractivity contribution is 5.41. The number of hydrogen-bond acceptors (Lipinski definition) is 3. The fourth-order valence-electron chi connectivity index (χ4n) is 3.31. The largest absolute Gasteiger partial charge is 0.396 e. The first kappa shape index (κ1) is 13.1. The summed E-state index contributed by atoms with van der Waals surface area (Å²) in [5.41, 5.74) is 7.51. The maximum Gasteiger partial charge on any atom is 0.0994 e. The van der Waals surface area contributed by atoms with E-state index in [4.69, 9.17) is 5.73 Å². The lowest BCUT2D eigenvalue weighted by atomic mass is 9.70. The van der Waals surface area contributed by atoms with Crippen LogP contribution in [0.15, 0.2) is 24.3 Å². The van der Waals surface area contributed by atoms with E-state index in [1.54, 1.807) is 0 Å². The van der Waals surface area contributed by atoms with Gasteiger partial charge >= 0.3 is 0 Å². The zero-order valence-corrected chi connectivity index (χ0v) is 10.6. The van der Waals surface area contributed by atoms with E-state index in [9.17, 15) is 10.4 Å². The summed E-state index contributed by atoms with van der Waals surface area (Å²) in [5.74, 6) is 0.0841. The molecule has 1 saturated carbocycles. The Morgan fingerprint density at radius 1 is 1.33 bits per heavy atom. The van der Waals surface area contributed by atoms with Crippen molar-refractivity contribution in [3.8, 4) is 6.07 Å². The molecule has 1 atom stereocenters. The van der Waals surface area contributed by atoms with Crippen LogP contribution in [0.5, 0.6) is 0 Å². The van der Waals surface area contributed by atoms with Gasteiger partial charge in [0.25, 0.3) is 0 Å². The van der Waals surface area contributed by atoms with Crippen LogP contribution in [0.2, 0.25) is 0 Å². The average Bonchev–Trinajstić information content (AvgIpc) is 2.90. The van der Waals surface area contributed by atoms with Crippen LogP contribution in [0.3, 0.4) is 0 Å². The summed E-state index contributed by atoms with van der Waals surface area (Å²) in [7, 11) is 0. The zero-order valence-electron chi connectivity index (χ0n) is 10.6. The van der Waals surface area contributed by atoms with Crippen LogP contribution >= 0.6 is 0 Å². The monoisotopic (exact) mass is 244 g/mol. The van der Waals surface area contributed by atoms with E-state index in [1.807, 2.05) is 24.3 Å². The molecule has 1 aromatic rings. The van der Waals surface area contributed by atoms with Gasteiger partial charge < -0.3 is 10.8 Å². The topological polar surface area (TPSA) is 70.0 Å². The molecule has 18 heavy (non-hydrogen) atoms. The van der Waals surface area contributed by atoms with Gasteiger partial charge in [0.05, 0.1) is 11.6 Å². The number of aliphatic hydroxyl groups is 1.